The fourth-order valence-corrected chi connectivity index (χ4v) is 1.17. The summed E-state index contributed by atoms with van der Waals surface area (Å²) >= 11 is 0. The lowest BCUT2D eigenvalue weighted by Crippen LogP contribution is -1.83. The Morgan fingerprint density at radius 2 is 1.73 bits per heavy atom. The van der Waals surface area contributed by atoms with Crippen molar-refractivity contribution in [1.29, 1.82) is 0 Å². The van der Waals surface area contributed by atoms with Crippen molar-refractivity contribution < 1.29 is 13.6 Å². The minimum Gasteiger partial charge on any atom is -0.399 e. The largest absolute Gasteiger partial charge is 0.399 e. The molecule has 0 atom stereocenters. The predicted molar refractivity (Wildman–Crippen MR) is 90.8 cm³/mol. The van der Waals surface area contributed by atoms with E-state index in [0.717, 1.165) is 11.8 Å². The number of anilines is 1. The molecule has 22 heavy (non-hydrogen) atoms. The summed E-state index contributed by atoms with van der Waals surface area (Å²) in [4.78, 5) is 10.2. The minimum absolute atomic E-state index is 0.0920. The third-order valence-electron chi connectivity index (χ3n) is 2.19. The van der Waals surface area contributed by atoms with Gasteiger partial charge in [-0.2, -0.15) is 0 Å². The van der Waals surface area contributed by atoms with E-state index >= 15 is 0 Å². The molecule has 2 nitrogen and oxygen atoms in total. The van der Waals surface area contributed by atoms with Crippen LogP contribution in [0.5, 0.6) is 0 Å². The van der Waals surface area contributed by atoms with Gasteiger partial charge in [-0.15, -0.1) is 0 Å². The molecule has 2 N–H and O–H groups in total. The van der Waals surface area contributed by atoms with Gasteiger partial charge in [0.05, 0.1) is 5.83 Å². The highest BCUT2D eigenvalue weighted by Crippen LogP contribution is 2.07. The first-order chi connectivity index (χ1) is 10.3. The van der Waals surface area contributed by atoms with Crippen LogP contribution in [0.1, 0.15) is 32.8 Å². The zero-order chi connectivity index (χ0) is 17.5. The molecule has 1 aromatic rings. The van der Waals surface area contributed by atoms with E-state index in [1.807, 2.05) is 45.0 Å². The molecule has 0 aromatic heterocycles. The summed E-state index contributed by atoms with van der Waals surface area (Å²) in [6.45, 7) is 10.3. The molecule has 0 aliphatic rings. The average molecular weight is 309 g/mol. The second kappa shape index (κ2) is 13.7. The van der Waals surface area contributed by atoms with Gasteiger partial charge in [0, 0.05) is 5.69 Å². The molecule has 0 saturated carbocycles. The van der Waals surface area contributed by atoms with Gasteiger partial charge in [-0.25, -0.2) is 8.78 Å². The molecule has 0 amide bonds. The van der Waals surface area contributed by atoms with Crippen LogP contribution in [0.25, 0.3) is 0 Å². The first-order valence-electron chi connectivity index (χ1n) is 6.99. The summed E-state index contributed by atoms with van der Waals surface area (Å²) in [5.41, 5.74) is 7.67. The predicted octanol–water partition coefficient (Wildman–Crippen LogP) is 5.46. The van der Waals surface area contributed by atoms with E-state index in [2.05, 4.69) is 6.58 Å². The van der Waals surface area contributed by atoms with Crippen molar-refractivity contribution >= 4 is 12.0 Å². The summed E-state index contributed by atoms with van der Waals surface area (Å²) < 4.78 is 24.3. The standard InChI is InChI=1S/C9H10F2O.C7H9N.C2H6/c1-7(10)3-4-9(6-12)5-8(2)11;1-6-2-4-7(8)5-3-6;1-2/h3,5-6H,2,4H2,1H3;2-5H,8H2,1H3;1-2H3/b7-3+,9-5+;;. The first kappa shape index (κ1) is 22.1. The smallest absolute Gasteiger partial charge is 0.146 e. The number of benzene rings is 1. The van der Waals surface area contributed by atoms with E-state index in [0.29, 0.717) is 6.29 Å². The maximum atomic E-state index is 12.1. The van der Waals surface area contributed by atoms with Crippen molar-refractivity contribution in [2.45, 2.75) is 34.1 Å². The van der Waals surface area contributed by atoms with E-state index in [1.54, 1.807) is 0 Å². The second-order valence-electron chi connectivity index (χ2n) is 4.19. The lowest BCUT2D eigenvalue weighted by molar-refractivity contribution is -0.105. The van der Waals surface area contributed by atoms with Gasteiger partial charge in [0.2, 0.25) is 0 Å². The highest BCUT2D eigenvalue weighted by atomic mass is 19.1. The van der Waals surface area contributed by atoms with Crippen molar-refractivity contribution in [3.8, 4) is 0 Å². The molecule has 0 bridgehead atoms. The Labute approximate surface area is 132 Å². The normalized spacial score (nSPS) is 10.6. The number of nitrogen functional groups attached to an aromatic ring is 1. The topological polar surface area (TPSA) is 43.1 Å². The molecule has 0 fully saturated rings. The molecule has 0 heterocycles. The van der Waals surface area contributed by atoms with Crippen molar-refractivity contribution in [1.82, 2.24) is 0 Å². The Hall–Kier alpha value is -2.23. The Morgan fingerprint density at radius 1 is 1.23 bits per heavy atom. The van der Waals surface area contributed by atoms with Gasteiger partial charge in [0.25, 0.3) is 0 Å². The van der Waals surface area contributed by atoms with E-state index < -0.39 is 11.7 Å². The number of hydrogen-bond donors (Lipinski definition) is 1. The number of hydrogen-bond acceptors (Lipinski definition) is 2. The molecule has 0 spiro atoms. The van der Waals surface area contributed by atoms with E-state index in [9.17, 15) is 13.6 Å². The molecule has 0 saturated heterocycles. The lowest BCUT2D eigenvalue weighted by atomic mass is 10.2. The van der Waals surface area contributed by atoms with Crippen LogP contribution >= 0.6 is 0 Å². The van der Waals surface area contributed by atoms with Gasteiger partial charge < -0.3 is 5.73 Å². The van der Waals surface area contributed by atoms with Crippen LogP contribution in [0.2, 0.25) is 0 Å². The quantitative estimate of drug-likeness (QED) is 0.347. The van der Waals surface area contributed by atoms with Crippen LogP contribution in [0.15, 0.2) is 60.2 Å². The summed E-state index contributed by atoms with van der Waals surface area (Å²) in [6, 6.07) is 7.79. The van der Waals surface area contributed by atoms with Crippen LogP contribution in [0.3, 0.4) is 0 Å². The Bertz CT molecular complexity index is 477. The van der Waals surface area contributed by atoms with Gasteiger partial charge in [0.1, 0.15) is 12.1 Å². The number of nitrogens with two attached hydrogens (primary N) is 1. The molecule has 4 heteroatoms. The molecule has 1 aromatic carbocycles. The molecule has 1 rings (SSSR count). The van der Waals surface area contributed by atoms with Gasteiger partial charge in [-0.05, 0) is 50.1 Å². The average Bonchev–Trinajstić information content (AvgIpc) is 2.49. The number of carbonyl (C=O) groups excluding carboxylic acids is 1. The first-order valence-corrected chi connectivity index (χ1v) is 6.99. The molecular weight excluding hydrogens is 284 g/mol. The fourth-order valence-electron chi connectivity index (χ4n) is 1.17. The second-order valence-corrected chi connectivity index (χ2v) is 4.19. The maximum absolute atomic E-state index is 12.1. The SMILES string of the molecule is C=C(F)/C=C(/C=O)C/C=C(\C)F.CC.Cc1ccc(N)cc1. The highest BCUT2D eigenvalue weighted by Gasteiger charge is 1.94. The van der Waals surface area contributed by atoms with Crippen molar-refractivity contribution in [3.05, 3.63) is 65.8 Å². The Balaban J connectivity index is 0. The number of halogens is 2. The minimum atomic E-state index is -0.706. The summed E-state index contributed by atoms with van der Waals surface area (Å²) in [5, 5.41) is 0. The molecule has 122 valence electrons. The van der Waals surface area contributed by atoms with Gasteiger partial charge in [-0.1, -0.05) is 38.1 Å². The molecule has 0 aliphatic heterocycles. The van der Waals surface area contributed by atoms with Crippen LogP contribution in [-0.4, -0.2) is 6.29 Å². The van der Waals surface area contributed by atoms with Crippen molar-refractivity contribution in [2.75, 3.05) is 5.73 Å². The Kier molecular flexibility index (Phi) is 13.8. The summed E-state index contributed by atoms with van der Waals surface area (Å²) in [6.07, 6.45) is 2.74. The number of carbonyl (C=O) groups is 1. The third-order valence-corrected chi connectivity index (χ3v) is 2.19. The Morgan fingerprint density at radius 3 is 2.05 bits per heavy atom. The number of aldehydes is 1. The van der Waals surface area contributed by atoms with Gasteiger partial charge in [0.15, 0.2) is 0 Å². The summed E-state index contributed by atoms with van der Waals surface area (Å²) in [7, 11) is 0. The zero-order valence-electron chi connectivity index (χ0n) is 13.7. The molecule has 0 radical (unpaired) electrons. The lowest BCUT2D eigenvalue weighted by Gasteiger charge is -1.92. The fraction of sp³-hybridized carbons (Fsp3) is 0.278. The summed E-state index contributed by atoms with van der Waals surface area (Å²) in [5.74, 6) is -1.10. The third kappa shape index (κ3) is 14.2. The van der Waals surface area contributed by atoms with Crippen LogP contribution < -0.4 is 5.73 Å². The van der Waals surface area contributed by atoms with Gasteiger partial charge >= 0.3 is 0 Å². The maximum Gasteiger partial charge on any atom is 0.146 e. The molecule has 0 unspecified atom stereocenters. The number of allylic oxidation sites excluding steroid dienone is 5. The van der Waals surface area contributed by atoms with E-state index in [4.69, 9.17) is 5.73 Å². The zero-order valence-corrected chi connectivity index (χ0v) is 13.7. The van der Waals surface area contributed by atoms with Crippen molar-refractivity contribution in [3.63, 3.8) is 0 Å². The monoisotopic (exact) mass is 309 g/mol. The molecule has 0 aliphatic carbocycles. The van der Waals surface area contributed by atoms with Gasteiger partial charge in [-0.3, -0.25) is 4.79 Å². The van der Waals surface area contributed by atoms with E-state index in [1.165, 1.54) is 18.6 Å². The van der Waals surface area contributed by atoms with Crippen LogP contribution in [0, 0.1) is 6.92 Å². The van der Waals surface area contributed by atoms with Crippen LogP contribution in [-0.2, 0) is 4.79 Å². The number of aryl methyl sites for hydroxylation is 1. The van der Waals surface area contributed by atoms with E-state index in [-0.39, 0.29) is 12.0 Å². The van der Waals surface area contributed by atoms with Crippen LogP contribution in [0.4, 0.5) is 14.5 Å². The molecular formula is C18H25F2NO. The van der Waals surface area contributed by atoms with Crippen molar-refractivity contribution in [2.24, 2.45) is 0 Å². The highest BCUT2D eigenvalue weighted by molar-refractivity contribution is 5.74. The number of rotatable bonds is 4.